The van der Waals surface area contributed by atoms with Crippen LogP contribution in [0.25, 0.3) is 0 Å². The van der Waals surface area contributed by atoms with Crippen LogP contribution in [0.15, 0.2) is 12.1 Å². The Bertz CT molecular complexity index is 656. The molecule has 4 heteroatoms. The van der Waals surface area contributed by atoms with Crippen LogP contribution in [0.1, 0.15) is 83.1 Å². The van der Waals surface area contributed by atoms with Crippen LogP contribution in [-0.4, -0.2) is 5.78 Å². The van der Waals surface area contributed by atoms with E-state index in [-0.39, 0.29) is 30.1 Å². The zero-order valence-corrected chi connectivity index (χ0v) is 17.0. The van der Waals surface area contributed by atoms with Gasteiger partial charge >= 0.3 is 0 Å². The van der Waals surface area contributed by atoms with Crippen molar-refractivity contribution in [3.63, 3.8) is 0 Å². The summed E-state index contributed by atoms with van der Waals surface area (Å²) in [6.07, 6.45) is 12.6. The Morgan fingerprint density at radius 2 is 1.50 bits per heavy atom. The summed E-state index contributed by atoms with van der Waals surface area (Å²) in [4.78, 5) is 12.5. The van der Waals surface area contributed by atoms with Crippen LogP contribution in [0.3, 0.4) is 0 Å². The number of benzene rings is 1. The fourth-order valence-corrected chi connectivity index (χ4v) is 5.49. The minimum atomic E-state index is -1.45. The Balaban J connectivity index is 1.42. The lowest BCUT2D eigenvalue weighted by atomic mass is 9.68. The van der Waals surface area contributed by atoms with Gasteiger partial charge in [-0.05, 0) is 74.3 Å². The first kappa shape index (κ1) is 21.4. The second-order valence-corrected chi connectivity index (χ2v) is 8.98. The predicted octanol–water partition coefficient (Wildman–Crippen LogP) is 7.02. The summed E-state index contributed by atoms with van der Waals surface area (Å²) in [6, 6.07) is 2.17. The van der Waals surface area contributed by atoms with E-state index in [2.05, 4.69) is 6.92 Å². The summed E-state index contributed by atoms with van der Waals surface area (Å²) in [5, 5.41) is 0. The molecule has 0 saturated heterocycles. The molecule has 1 nitrogen and oxygen atoms in total. The molecule has 2 aliphatic carbocycles. The molecule has 2 aliphatic rings. The number of rotatable bonds is 7. The van der Waals surface area contributed by atoms with Crippen LogP contribution >= 0.6 is 0 Å². The van der Waals surface area contributed by atoms with Crippen LogP contribution in [-0.2, 0) is 11.2 Å². The molecule has 156 valence electrons. The molecule has 2 fully saturated rings. The van der Waals surface area contributed by atoms with Crippen molar-refractivity contribution in [2.45, 2.75) is 84.0 Å². The van der Waals surface area contributed by atoms with E-state index in [1.54, 1.807) is 0 Å². The monoisotopic (exact) mass is 394 g/mol. The number of Topliss-reactive ketones (excluding diaryl/α,β-unsaturated/α-hetero) is 1. The van der Waals surface area contributed by atoms with E-state index in [9.17, 15) is 18.0 Å². The molecule has 0 spiro atoms. The SMILES string of the molecule is CCCC1CCC(C2CCC(C(=O)CCc3ccc(F)c(F)c3F)CC2)CC1. The van der Waals surface area contributed by atoms with Crippen LogP contribution in [0.5, 0.6) is 0 Å². The zero-order valence-electron chi connectivity index (χ0n) is 17.0. The van der Waals surface area contributed by atoms with Crippen molar-refractivity contribution in [1.82, 2.24) is 0 Å². The zero-order chi connectivity index (χ0) is 20.1. The van der Waals surface area contributed by atoms with Gasteiger partial charge in [0.25, 0.3) is 0 Å². The highest BCUT2D eigenvalue weighted by molar-refractivity contribution is 5.81. The number of halogens is 3. The summed E-state index contributed by atoms with van der Waals surface area (Å²) in [6.45, 7) is 2.27. The standard InChI is InChI=1S/C24H33F3O/c1-2-3-16-4-6-17(7-5-16)18-8-10-19(11-9-18)22(28)15-13-20-12-14-21(25)24(27)23(20)26/h12,14,16-19H,2-11,13,15H2,1H3. The summed E-state index contributed by atoms with van der Waals surface area (Å²) in [7, 11) is 0. The number of aryl methyl sites for hydroxylation is 1. The molecule has 0 unspecified atom stereocenters. The molecular weight excluding hydrogens is 361 g/mol. The molecule has 3 rings (SSSR count). The van der Waals surface area contributed by atoms with Gasteiger partial charge in [0.15, 0.2) is 17.5 Å². The maximum absolute atomic E-state index is 13.8. The average Bonchev–Trinajstić information content (AvgIpc) is 2.72. The number of hydrogen-bond donors (Lipinski definition) is 0. The third-order valence-corrected chi connectivity index (χ3v) is 7.24. The molecule has 0 aromatic heterocycles. The molecule has 0 amide bonds. The summed E-state index contributed by atoms with van der Waals surface area (Å²) in [5.41, 5.74) is 0.0878. The molecule has 0 N–H and O–H groups in total. The van der Waals surface area contributed by atoms with Crippen LogP contribution < -0.4 is 0 Å². The molecule has 28 heavy (non-hydrogen) atoms. The van der Waals surface area contributed by atoms with Gasteiger partial charge in [-0.25, -0.2) is 13.2 Å². The molecule has 0 aliphatic heterocycles. The van der Waals surface area contributed by atoms with Crippen molar-refractivity contribution in [3.05, 3.63) is 35.1 Å². The van der Waals surface area contributed by atoms with Gasteiger partial charge in [0.1, 0.15) is 5.78 Å². The summed E-state index contributed by atoms with van der Waals surface area (Å²) >= 11 is 0. The fourth-order valence-electron chi connectivity index (χ4n) is 5.49. The van der Waals surface area contributed by atoms with Gasteiger partial charge < -0.3 is 0 Å². The van der Waals surface area contributed by atoms with Crippen molar-refractivity contribution in [3.8, 4) is 0 Å². The van der Waals surface area contributed by atoms with Crippen molar-refractivity contribution < 1.29 is 18.0 Å². The maximum atomic E-state index is 13.8. The number of carbonyl (C=O) groups excluding carboxylic acids is 1. The number of ketones is 1. The van der Waals surface area contributed by atoms with Crippen molar-refractivity contribution in [1.29, 1.82) is 0 Å². The molecule has 0 heterocycles. The van der Waals surface area contributed by atoms with Gasteiger partial charge in [0.2, 0.25) is 0 Å². The summed E-state index contributed by atoms with van der Waals surface area (Å²) in [5.74, 6) is -1.06. The van der Waals surface area contributed by atoms with E-state index in [0.29, 0.717) is 0 Å². The van der Waals surface area contributed by atoms with E-state index < -0.39 is 17.5 Å². The topological polar surface area (TPSA) is 17.1 Å². The van der Waals surface area contributed by atoms with Gasteiger partial charge in [-0.15, -0.1) is 0 Å². The molecule has 0 bridgehead atoms. The van der Waals surface area contributed by atoms with Gasteiger partial charge in [-0.2, -0.15) is 0 Å². The molecule has 1 aromatic carbocycles. The molecule has 1 aromatic rings. The van der Waals surface area contributed by atoms with E-state index in [0.717, 1.165) is 49.5 Å². The second kappa shape index (κ2) is 9.93. The summed E-state index contributed by atoms with van der Waals surface area (Å²) < 4.78 is 40.1. The van der Waals surface area contributed by atoms with Crippen LogP contribution in [0.4, 0.5) is 13.2 Å². The first-order chi connectivity index (χ1) is 13.5. The third kappa shape index (κ3) is 5.18. The lowest BCUT2D eigenvalue weighted by Gasteiger charge is -2.37. The van der Waals surface area contributed by atoms with Gasteiger partial charge in [0.05, 0.1) is 0 Å². The predicted molar refractivity (Wildman–Crippen MR) is 105 cm³/mol. The molecule has 0 radical (unpaired) electrons. The van der Waals surface area contributed by atoms with E-state index in [1.165, 1.54) is 44.6 Å². The molecule has 0 atom stereocenters. The largest absolute Gasteiger partial charge is 0.299 e. The van der Waals surface area contributed by atoms with E-state index in [4.69, 9.17) is 0 Å². The quantitative estimate of drug-likeness (QED) is 0.454. The second-order valence-electron chi connectivity index (χ2n) is 8.98. The van der Waals surface area contributed by atoms with Gasteiger partial charge in [-0.3, -0.25) is 4.79 Å². The van der Waals surface area contributed by atoms with Crippen molar-refractivity contribution in [2.75, 3.05) is 0 Å². The minimum Gasteiger partial charge on any atom is -0.299 e. The average molecular weight is 395 g/mol. The lowest BCUT2D eigenvalue weighted by Crippen LogP contribution is -2.28. The highest BCUT2D eigenvalue weighted by Gasteiger charge is 2.32. The maximum Gasteiger partial charge on any atom is 0.194 e. The Labute approximate surface area is 167 Å². The minimum absolute atomic E-state index is 0.0565. The first-order valence-electron chi connectivity index (χ1n) is 11.1. The van der Waals surface area contributed by atoms with E-state index >= 15 is 0 Å². The van der Waals surface area contributed by atoms with Gasteiger partial charge in [-0.1, -0.05) is 38.7 Å². The first-order valence-corrected chi connectivity index (χ1v) is 11.1. The normalized spacial score (nSPS) is 28.3. The fraction of sp³-hybridized carbons (Fsp3) is 0.708. The Morgan fingerprint density at radius 3 is 2.11 bits per heavy atom. The van der Waals surface area contributed by atoms with Crippen LogP contribution in [0, 0.1) is 41.1 Å². The molecule has 2 saturated carbocycles. The smallest absolute Gasteiger partial charge is 0.194 e. The Morgan fingerprint density at radius 1 is 0.893 bits per heavy atom. The lowest BCUT2D eigenvalue weighted by molar-refractivity contribution is -0.124. The Kier molecular flexibility index (Phi) is 7.59. The highest BCUT2D eigenvalue weighted by Crippen LogP contribution is 2.42. The van der Waals surface area contributed by atoms with Crippen molar-refractivity contribution in [2.24, 2.45) is 23.7 Å². The van der Waals surface area contributed by atoms with Crippen LogP contribution in [0.2, 0.25) is 0 Å². The highest BCUT2D eigenvalue weighted by atomic mass is 19.2. The van der Waals surface area contributed by atoms with E-state index in [1.807, 2.05) is 0 Å². The third-order valence-electron chi connectivity index (χ3n) is 7.24. The number of hydrogen-bond acceptors (Lipinski definition) is 1. The van der Waals surface area contributed by atoms with Gasteiger partial charge in [0, 0.05) is 12.3 Å². The Hall–Kier alpha value is -1.32. The van der Waals surface area contributed by atoms with Crippen molar-refractivity contribution >= 4 is 5.78 Å². The number of carbonyl (C=O) groups is 1. The molecular formula is C24H33F3O.